The number of nitrogens with zero attached hydrogens (tertiary/aromatic N) is 2. The lowest BCUT2D eigenvalue weighted by Gasteiger charge is -2.26. The summed E-state index contributed by atoms with van der Waals surface area (Å²) in [5.74, 6) is 0.813. The zero-order chi connectivity index (χ0) is 22.9. The Morgan fingerprint density at radius 3 is 2.59 bits per heavy atom. The second-order valence-electron chi connectivity index (χ2n) is 8.02. The Labute approximate surface area is 192 Å². The first kappa shape index (κ1) is 22.6. The number of fused-ring (bicyclic) bond motifs is 1. The molecule has 3 aromatic rings. The summed E-state index contributed by atoms with van der Waals surface area (Å²) in [4.78, 5) is 19.4. The molecule has 32 heavy (non-hydrogen) atoms. The molecule has 0 aliphatic carbocycles. The summed E-state index contributed by atoms with van der Waals surface area (Å²) >= 11 is 1.38. The molecule has 0 N–H and O–H groups in total. The van der Waals surface area contributed by atoms with Gasteiger partial charge in [-0.15, -0.1) is 0 Å². The number of pyridine rings is 1. The smallest absolute Gasteiger partial charge is 0.235 e. The number of aromatic nitrogens is 1. The van der Waals surface area contributed by atoms with Gasteiger partial charge in [0.25, 0.3) is 0 Å². The Morgan fingerprint density at radius 2 is 1.94 bits per heavy atom. The van der Waals surface area contributed by atoms with E-state index in [4.69, 9.17) is 9.72 Å². The molecule has 1 aliphatic rings. The van der Waals surface area contributed by atoms with Crippen molar-refractivity contribution in [2.75, 3.05) is 25.7 Å². The maximum absolute atomic E-state index is 13.0. The number of thioether (sulfide) groups is 1. The molecule has 0 saturated carbocycles. The van der Waals surface area contributed by atoms with Crippen molar-refractivity contribution < 1.29 is 17.9 Å². The van der Waals surface area contributed by atoms with Crippen LogP contribution in [0.5, 0.6) is 5.75 Å². The highest BCUT2D eigenvalue weighted by Crippen LogP contribution is 2.35. The number of benzene rings is 2. The molecule has 1 aromatic heterocycles. The summed E-state index contributed by atoms with van der Waals surface area (Å²) in [6, 6.07) is 17.6. The molecular weight excluding hydrogens is 444 g/mol. The number of ether oxygens (including phenoxy) is 1. The van der Waals surface area contributed by atoms with E-state index in [1.54, 1.807) is 19.1 Å². The number of carbonyl (C=O) groups is 1. The zero-order valence-electron chi connectivity index (χ0n) is 18.3. The molecule has 1 fully saturated rings. The van der Waals surface area contributed by atoms with Gasteiger partial charge < -0.3 is 9.64 Å². The molecule has 0 spiro atoms. The van der Waals surface area contributed by atoms with Crippen LogP contribution in [0.1, 0.15) is 13.3 Å². The third kappa shape index (κ3) is 4.76. The van der Waals surface area contributed by atoms with Crippen LogP contribution in [0.15, 0.2) is 59.6 Å². The van der Waals surface area contributed by atoms with Crippen LogP contribution >= 0.6 is 11.8 Å². The minimum Gasteiger partial charge on any atom is -0.497 e. The molecule has 1 aliphatic heterocycles. The van der Waals surface area contributed by atoms with Crippen molar-refractivity contribution in [2.45, 2.75) is 29.7 Å². The summed E-state index contributed by atoms with van der Waals surface area (Å²) in [5.41, 5.74) is 2.90. The predicted octanol–water partition coefficient (Wildman–Crippen LogP) is 4.04. The van der Waals surface area contributed by atoms with Crippen molar-refractivity contribution in [2.24, 2.45) is 0 Å². The Balaban J connectivity index is 1.64. The molecule has 8 heteroatoms. The molecule has 1 saturated heterocycles. The molecule has 2 heterocycles. The van der Waals surface area contributed by atoms with E-state index in [9.17, 15) is 13.2 Å². The van der Waals surface area contributed by atoms with Gasteiger partial charge in [0.2, 0.25) is 5.91 Å². The quantitative estimate of drug-likeness (QED) is 0.506. The molecule has 2 unspecified atom stereocenters. The third-order valence-electron chi connectivity index (χ3n) is 5.83. The van der Waals surface area contributed by atoms with Crippen LogP contribution in [-0.4, -0.2) is 61.2 Å². The van der Waals surface area contributed by atoms with Gasteiger partial charge in [0.1, 0.15) is 5.75 Å². The molecule has 6 nitrogen and oxygen atoms in total. The van der Waals surface area contributed by atoms with E-state index in [1.807, 2.05) is 49.4 Å². The van der Waals surface area contributed by atoms with Gasteiger partial charge in [-0.05, 0) is 42.7 Å². The van der Waals surface area contributed by atoms with Crippen molar-refractivity contribution in [3.8, 4) is 16.9 Å². The maximum Gasteiger partial charge on any atom is 0.235 e. The highest BCUT2D eigenvalue weighted by atomic mass is 32.2. The topological polar surface area (TPSA) is 76.6 Å². The van der Waals surface area contributed by atoms with E-state index in [0.717, 1.165) is 32.8 Å². The van der Waals surface area contributed by atoms with Crippen LogP contribution in [0.3, 0.4) is 0 Å². The minimum absolute atomic E-state index is 0.0405. The van der Waals surface area contributed by atoms with E-state index in [0.29, 0.717) is 6.42 Å². The van der Waals surface area contributed by atoms with Crippen molar-refractivity contribution in [3.05, 3.63) is 54.6 Å². The Kier molecular flexibility index (Phi) is 6.44. The van der Waals surface area contributed by atoms with Gasteiger partial charge in [0.05, 0.1) is 34.4 Å². The molecule has 2 atom stereocenters. The monoisotopic (exact) mass is 470 g/mol. The summed E-state index contributed by atoms with van der Waals surface area (Å²) in [6.45, 7) is 1.84. The third-order valence-corrected chi connectivity index (χ3v) is 8.58. The minimum atomic E-state index is -3.05. The number of carbonyl (C=O) groups excluding carboxylic acids is 1. The van der Waals surface area contributed by atoms with Crippen LogP contribution in [0, 0.1) is 0 Å². The molecular formula is C24H26N2O4S2. The van der Waals surface area contributed by atoms with Crippen LogP contribution in [0.2, 0.25) is 0 Å². The summed E-state index contributed by atoms with van der Waals surface area (Å²) in [5, 5.41) is 1.34. The van der Waals surface area contributed by atoms with E-state index in [2.05, 4.69) is 12.1 Å². The lowest BCUT2D eigenvalue weighted by Crippen LogP contribution is -2.41. The molecule has 0 bridgehead atoms. The summed E-state index contributed by atoms with van der Waals surface area (Å²) in [7, 11) is 0.265. The van der Waals surface area contributed by atoms with Crippen molar-refractivity contribution in [1.29, 1.82) is 0 Å². The number of hydrogen-bond donors (Lipinski definition) is 0. The van der Waals surface area contributed by atoms with Crippen LogP contribution < -0.4 is 4.74 Å². The Bertz CT molecular complexity index is 1250. The highest BCUT2D eigenvalue weighted by Gasteiger charge is 2.34. The standard InChI is InChI=1S/C24H26N2O4S2/c1-16(24(27)26(2)18-11-12-32(28,29)15-18)31-23-14-21(17-7-5-4-6-8-17)20-10-9-19(30-3)13-22(20)25-23/h4-10,13-14,16,18H,11-12,15H2,1-3H3. The van der Waals surface area contributed by atoms with Crippen LogP contribution in [0.25, 0.3) is 22.0 Å². The van der Waals surface area contributed by atoms with E-state index < -0.39 is 15.1 Å². The van der Waals surface area contributed by atoms with Crippen molar-refractivity contribution in [3.63, 3.8) is 0 Å². The predicted molar refractivity (Wildman–Crippen MR) is 129 cm³/mol. The van der Waals surface area contributed by atoms with Crippen LogP contribution in [-0.2, 0) is 14.6 Å². The largest absolute Gasteiger partial charge is 0.497 e. The van der Waals surface area contributed by atoms with E-state index >= 15 is 0 Å². The SMILES string of the molecule is COc1ccc2c(-c3ccccc3)cc(SC(C)C(=O)N(C)C3CCS(=O)(=O)C3)nc2c1. The van der Waals surface area contributed by atoms with Crippen molar-refractivity contribution >= 4 is 38.4 Å². The second-order valence-corrected chi connectivity index (χ2v) is 11.6. The second kappa shape index (κ2) is 9.11. The van der Waals surface area contributed by atoms with E-state index in [1.165, 1.54) is 11.8 Å². The zero-order valence-corrected chi connectivity index (χ0v) is 19.9. The van der Waals surface area contributed by atoms with Gasteiger partial charge in [-0.2, -0.15) is 0 Å². The van der Waals surface area contributed by atoms with E-state index in [-0.39, 0.29) is 23.5 Å². The fourth-order valence-electron chi connectivity index (χ4n) is 4.01. The Hall–Kier alpha value is -2.58. The molecule has 2 aromatic carbocycles. The highest BCUT2D eigenvalue weighted by molar-refractivity contribution is 8.00. The van der Waals surface area contributed by atoms with Gasteiger partial charge in [-0.1, -0.05) is 42.1 Å². The molecule has 0 radical (unpaired) electrons. The number of sulfone groups is 1. The van der Waals surface area contributed by atoms with Gasteiger partial charge in [0, 0.05) is 24.5 Å². The number of amides is 1. The fraction of sp³-hybridized carbons (Fsp3) is 0.333. The first-order valence-corrected chi connectivity index (χ1v) is 13.2. The van der Waals surface area contributed by atoms with Crippen molar-refractivity contribution in [1.82, 2.24) is 9.88 Å². The van der Waals surface area contributed by atoms with Gasteiger partial charge >= 0.3 is 0 Å². The average Bonchev–Trinajstić information content (AvgIpc) is 3.17. The van der Waals surface area contributed by atoms with Gasteiger partial charge in [-0.3, -0.25) is 4.79 Å². The molecule has 168 valence electrons. The Morgan fingerprint density at radius 1 is 1.19 bits per heavy atom. The number of methoxy groups -OCH3 is 1. The lowest BCUT2D eigenvalue weighted by atomic mass is 10.0. The normalized spacial score (nSPS) is 18.4. The summed E-state index contributed by atoms with van der Waals surface area (Å²) < 4.78 is 29.0. The summed E-state index contributed by atoms with van der Waals surface area (Å²) in [6.07, 6.45) is 0.494. The average molecular weight is 471 g/mol. The fourth-order valence-corrected chi connectivity index (χ4v) is 6.75. The molecule has 4 rings (SSSR count). The molecule has 1 amide bonds. The lowest BCUT2D eigenvalue weighted by molar-refractivity contribution is -0.130. The first-order chi connectivity index (χ1) is 15.3. The van der Waals surface area contributed by atoms with Crippen LogP contribution in [0.4, 0.5) is 0 Å². The van der Waals surface area contributed by atoms with Gasteiger partial charge in [0.15, 0.2) is 9.84 Å². The van der Waals surface area contributed by atoms with Gasteiger partial charge in [-0.25, -0.2) is 13.4 Å². The first-order valence-electron chi connectivity index (χ1n) is 10.5. The maximum atomic E-state index is 13.0. The number of hydrogen-bond acceptors (Lipinski definition) is 6. The number of rotatable bonds is 6.